The van der Waals surface area contributed by atoms with Gasteiger partial charge in [0, 0.05) is 36.9 Å². The molecule has 2 aromatic heterocycles. The second kappa shape index (κ2) is 8.38. The monoisotopic (exact) mass is 410 g/mol. The molecule has 158 valence electrons. The first-order valence-corrected chi connectivity index (χ1v) is 10.4. The van der Waals surface area contributed by atoms with E-state index in [9.17, 15) is 9.18 Å². The lowest BCUT2D eigenvalue weighted by Crippen LogP contribution is -2.48. The Kier molecular flexibility index (Phi) is 5.65. The van der Waals surface area contributed by atoms with Crippen molar-refractivity contribution in [3.8, 4) is 0 Å². The molecule has 0 aliphatic carbocycles. The first-order chi connectivity index (χ1) is 14.4. The summed E-state index contributed by atoms with van der Waals surface area (Å²) >= 11 is 0. The molecule has 0 spiro atoms. The number of halogens is 1. The molecule has 0 saturated carbocycles. The fourth-order valence-corrected chi connectivity index (χ4v) is 4.23. The van der Waals surface area contributed by atoms with Gasteiger partial charge in [-0.3, -0.25) is 4.79 Å². The van der Waals surface area contributed by atoms with Gasteiger partial charge in [-0.2, -0.15) is 10.1 Å². The molecule has 1 aromatic carbocycles. The maximum absolute atomic E-state index is 14.3. The van der Waals surface area contributed by atoms with Crippen molar-refractivity contribution in [1.82, 2.24) is 24.9 Å². The molecule has 8 heteroatoms. The highest BCUT2D eigenvalue weighted by Crippen LogP contribution is 2.24. The summed E-state index contributed by atoms with van der Waals surface area (Å²) in [6.45, 7) is 7.29. The summed E-state index contributed by atoms with van der Waals surface area (Å²) in [5.41, 5.74) is 4.50. The van der Waals surface area contributed by atoms with Crippen molar-refractivity contribution in [2.24, 2.45) is 0 Å². The van der Waals surface area contributed by atoms with Gasteiger partial charge in [-0.15, -0.1) is 0 Å². The first kappa shape index (κ1) is 20.3. The molecule has 1 aliphatic rings. The van der Waals surface area contributed by atoms with Crippen molar-refractivity contribution in [3.05, 3.63) is 52.9 Å². The van der Waals surface area contributed by atoms with Crippen molar-refractivity contribution < 1.29 is 9.18 Å². The number of hydrogen-bond donors (Lipinski definition) is 1. The van der Waals surface area contributed by atoms with Crippen molar-refractivity contribution in [1.29, 1.82) is 0 Å². The van der Waals surface area contributed by atoms with E-state index in [-0.39, 0.29) is 17.8 Å². The van der Waals surface area contributed by atoms with Gasteiger partial charge >= 0.3 is 0 Å². The molecule has 7 nitrogen and oxygen atoms in total. The van der Waals surface area contributed by atoms with Gasteiger partial charge in [0.1, 0.15) is 12.1 Å². The van der Waals surface area contributed by atoms with E-state index >= 15 is 0 Å². The molecule has 1 aliphatic heterocycles. The highest BCUT2D eigenvalue weighted by molar-refractivity contribution is 5.76. The molecule has 0 radical (unpaired) electrons. The maximum atomic E-state index is 14.3. The average molecular weight is 410 g/mol. The van der Waals surface area contributed by atoms with Crippen LogP contribution in [0, 0.1) is 26.6 Å². The number of nitrogens with zero attached hydrogens (tertiary/aromatic N) is 5. The summed E-state index contributed by atoms with van der Waals surface area (Å²) in [5, 5.41) is 7.33. The molecule has 1 amide bonds. The van der Waals surface area contributed by atoms with Gasteiger partial charge in [0.25, 0.3) is 5.78 Å². The molecule has 4 rings (SSSR count). The largest absolute Gasteiger partial charge is 0.367 e. The number of carbonyl (C=O) groups excluding carboxylic acids is 1. The Morgan fingerprint density at radius 2 is 2.13 bits per heavy atom. The van der Waals surface area contributed by atoms with E-state index in [1.54, 1.807) is 10.6 Å². The van der Waals surface area contributed by atoms with Crippen molar-refractivity contribution in [3.63, 3.8) is 0 Å². The third kappa shape index (κ3) is 4.13. The van der Waals surface area contributed by atoms with Crippen LogP contribution in [0.5, 0.6) is 0 Å². The van der Waals surface area contributed by atoms with Crippen LogP contribution in [-0.4, -0.2) is 44.6 Å². The molecule has 30 heavy (non-hydrogen) atoms. The number of aryl methyl sites for hydroxylation is 3. The number of piperidine rings is 1. The van der Waals surface area contributed by atoms with E-state index in [0.29, 0.717) is 30.9 Å². The van der Waals surface area contributed by atoms with Crippen molar-refractivity contribution in [2.45, 2.75) is 52.5 Å². The third-order valence-electron chi connectivity index (χ3n) is 5.82. The fourth-order valence-electron chi connectivity index (χ4n) is 4.23. The molecule has 1 atom stereocenters. The van der Waals surface area contributed by atoms with E-state index in [1.807, 2.05) is 31.7 Å². The van der Waals surface area contributed by atoms with Crippen LogP contribution in [0.25, 0.3) is 5.78 Å². The number of nitrogens with one attached hydrogen (secondary N) is 1. The van der Waals surface area contributed by atoms with Gasteiger partial charge in [-0.05, 0) is 63.3 Å². The average Bonchev–Trinajstić information content (AvgIpc) is 3.18. The summed E-state index contributed by atoms with van der Waals surface area (Å²) in [6, 6.07) is 5.18. The van der Waals surface area contributed by atoms with Gasteiger partial charge < -0.3 is 10.2 Å². The lowest BCUT2D eigenvalue weighted by molar-refractivity contribution is -0.121. The van der Waals surface area contributed by atoms with Gasteiger partial charge in [-0.1, -0.05) is 6.07 Å². The topological polar surface area (TPSA) is 75.4 Å². The Labute approximate surface area is 175 Å². The minimum atomic E-state index is -0.213. The fraction of sp³-hybridized carbons (Fsp3) is 0.455. The SMILES string of the molecule is Cc1ccc(F)c(N2CCCC(NC(=O)CCc3c(C)nc4ncnn4c3C)C2)c1. The van der Waals surface area contributed by atoms with Gasteiger partial charge in [0.15, 0.2) is 0 Å². The second-order valence-corrected chi connectivity index (χ2v) is 8.04. The smallest absolute Gasteiger partial charge is 0.252 e. The molecule has 3 heterocycles. The lowest BCUT2D eigenvalue weighted by Gasteiger charge is -2.35. The van der Waals surface area contributed by atoms with Gasteiger partial charge in [0.2, 0.25) is 5.91 Å². The minimum Gasteiger partial charge on any atom is -0.367 e. The molecular formula is C22H27FN6O. The van der Waals surface area contributed by atoms with E-state index in [0.717, 1.165) is 41.9 Å². The van der Waals surface area contributed by atoms with E-state index < -0.39 is 0 Å². The van der Waals surface area contributed by atoms with Crippen LogP contribution in [0.1, 0.15) is 41.8 Å². The van der Waals surface area contributed by atoms with Gasteiger partial charge in [-0.25, -0.2) is 13.9 Å². The van der Waals surface area contributed by atoms with E-state index in [2.05, 4.69) is 20.4 Å². The standard InChI is InChI=1S/C22H27FN6O/c1-14-6-8-19(23)20(11-14)28-10-4-5-17(12-28)27-21(30)9-7-18-15(2)26-22-24-13-25-29(22)16(18)3/h6,8,11,13,17H,4-5,7,9-10,12H2,1-3H3,(H,27,30). The minimum absolute atomic E-state index is 0.00375. The normalized spacial score (nSPS) is 16.8. The zero-order chi connectivity index (χ0) is 21.3. The first-order valence-electron chi connectivity index (χ1n) is 10.4. The highest BCUT2D eigenvalue weighted by atomic mass is 19.1. The Hall–Kier alpha value is -3.03. The summed E-state index contributed by atoms with van der Waals surface area (Å²) in [4.78, 5) is 23.3. The van der Waals surface area contributed by atoms with Crippen LogP contribution < -0.4 is 10.2 Å². The predicted octanol–water partition coefficient (Wildman–Crippen LogP) is 2.91. The van der Waals surface area contributed by atoms with Crippen molar-refractivity contribution in [2.75, 3.05) is 18.0 Å². The van der Waals surface area contributed by atoms with E-state index in [1.165, 1.54) is 12.4 Å². The summed E-state index contributed by atoms with van der Waals surface area (Å²) in [5.74, 6) is 0.363. The number of aromatic nitrogens is 4. The van der Waals surface area contributed by atoms with E-state index in [4.69, 9.17) is 0 Å². The molecule has 0 bridgehead atoms. The van der Waals surface area contributed by atoms with Crippen LogP contribution in [-0.2, 0) is 11.2 Å². The Morgan fingerprint density at radius 3 is 2.97 bits per heavy atom. The molecule has 1 fully saturated rings. The number of carbonyl (C=O) groups is 1. The van der Waals surface area contributed by atoms with Crippen molar-refractivity contribution >= 4 is 17.4 Å². The number of amides is 1. The molecular weight excluding hydrogens is 383 g/mol. The predicted molar refractivity (Wildman–Crippen MR) is 113 cm³/mol. The zero-order valence-electron chi connectivity index (χ0n) is 17.7. The number of fused-ring (bicyclic) bond motifs is 1. The molecule has 3 aromatic rings. The number of benzene rings is 1. The van der Waals surface area contributed by atoms with Gasteiger partial charge in [0.05, 0.1) is 5.69 Å². The molecule has 1 saturated heterocycles. The Bertz CT molecular complexity index is 1080. The second-order valence-electron chi connectivity index (χ2n) is 8.04. The Balaban J connectivity index is 1.38. The van der Waals surface area contributed by atoms with Crippen LogP contribution >= 0.6 is 0 Å². The van der Waals surface area contributed by atoms with Crippen LogP contribution in [0.15, 0.2) is 24.5 Å². The summed E-state index contributed by atoms with van der Waals surface area (Å²) in [6.07, 6.45) is 4.27. The Morgan fingerprint density at radius 1 is 1.30 bits per heavy atom. The maximum Gasteiger partial charge on any atom is 0.252 e. The summed E-state index contributed by atoms with van der Waals surface area (Å²) in [7, 11) is 0. The van der Waals surface area contributed by atoms with Crippen LogP contribution in [0.3, 0.4) is 0 Å². The quantitative estimate of drug-likeness (QED) is 0.700. The number of rotatable bonds is 5. The zero-order valence-corrected chi connectivity index (χ0v) is 17.7. The number of anilines is 1. The lowest BCUT2D eigenvalue weighted by atomic mass is 10.0. The molecule has 1 N–H and O–H groups in total. The van der Waals surface area contributed by atoms with Crippen LogP contribution in [0.2, 0.25) is 0 Å². The third-order valence-corrected chi connectivity index (χ3v) is 5.82. The summed E-state index contributed by atoms with van der Waals surface area (Å²) < 4.78 is 16.0. The molecule has 1 unspecified atom stereocenters. The van der Waals surface area contributed by atoms with Crippen LogP contribution in [0.4, 0.5) is 10.1 Å². The highest BCUT2D eigenvalue weighted by Gasteiger charge is 2.23. The number of hydrogen-bond acceptors (Lipinski definition) is 5.